The van der Waals surface area contributed by atoms with Crippen molar-refractivity contribution in [3.8, 4) is 0 Å². The van der Waals surface area contributed by atoms with Gasteiger partial charge in [-0.25, -0.2) is 0 Å². The molecule has 1 rings (SSSR count). The van der Waals surface area contributed by atoms with Gasteiger partial charge in [-0.05, 0) is 16.5 Å². The minimum Gasteiger partial charge on any atom is -0.286 e. The summed E-state index contributed by atoms with van der Waals surface area (Å²) in [6.45, 7) is 6.95. The van der Waals surface area contributed by atoms with Gasteiger partial charge in [0.15, 0.2) is 0 Å². The molecule has 0 aliphatic carbocycles. The Balaban J connectivity index is 2.60. The van der Waals surface area contributed by atoms with Gasteiger partial charge in [-0.15, -0.1) is 5.25 Å². The predicted molar refractivity (Wildman–Crippen MR) is 60.7 cm³/mol. The van der Waals surface area contributed by atoms with Crippen molar-refractivity contribution >= 4 is 8.61 Å². The van der Waals surface area contributed by atoms with E-state index in [2.05, 4.69) is 38.2 Å². The first kappa shape index (κ1) is 12.3. The van der Waals surface area contributed by atoms with Crippen LogP contribution in [0.1, 0.15) is 31.9 Å². The van der Waals surface area contributed by atoms with Gasteiger partial charge in [-0.1, -0.05) is 45.0 Å². The summed E-state index contributed by atoms with van der Waals surface area (Å²) in [5.74, 6) is 0. The molecule has 0 saturated carbocycles. The molecule has 0 spiro atoms. The molecule has 0 bridgehead atoms. The van der Waals surface area contributed by atoms with Crippen LogP contribution in [0.25, 0.3) is 0 Å². The molecule has 0 radical (unpaired) electrons. The molecular weight excluding hydrogens is 209 g/mol. The first-order valence-electron chi connectivity index (χ1n) is 4.82. The normalized spacial score (nSPS) is 11.9. The largest absolute Gasteiger partial charge is 0.286 e. The number of nitrogens with one attached hydrogen (secondary N) is 1. The molecule has 0 aromatic heterocycles. The number of hydrogen-bond acceptors (Lipinski definition) is 2. The monoisotopic (exact) mass is 225 g/mol. The maximum atomic E-state index is 10.0. The van der Waals surface area contributed by atoms with E-state index in [-0.39, 0.29) is 14.0 Å². The van der Waals surface area contributed by atoms with Gasteiger partial charge in [0.1, 0.15) is 0 Å². The topological polar surface area (TPSA) is 38.3 Å². The van der Waals surface area contributed by atoms with E-state index in [0.717, 1.165) is 5.56 Å². The maximum absolute atomic E-state index is 10.0. The lowest BCUT2D eigenvalue weighted by molar-refractivity contribution is 0.0829. The van der Waals surface area contributed by atoms with Crippen LogP contribution in [0.15, 0.2) is 24.3 Å². The molecule has 0 atom stereocenters. The number of rotatable bonds is 4. The fourth-order valence-electron chi connectivity index (χ4n) is 1.24. The summed E-state index contributed by atoms with van der Waals surface area (Å²) in [6.07, 6.45) is 0. The smallest absolute Gasteiger partial charge is 0.271 e. The van der Waals surface area contributed by atoms with Crippen LogP contribution in [0.4, 0.5) is 0 Å². The Hall–Kier alpha value is -0.760. The van der Waals surface area contributed by atoms with E-state index in [1.54, 1.807) is 0 Å². The molecule has 0 aliphatic rings. The van der Waals surface area contributed by atoms with Crippen molar-refractivity contribution < 1.29 is 9.40 Å². The molecule has 0 saturated heterocycles. The van der Waals surface area contributed by atoms with Gasteiger partial charge in [0.05, 0.1) is 6.61 Å². The maximum Gasteiger partial charge on any atom is 0.271 e. The molecule has 0 aliphatic heterocycles. The molecule has 0 heterocycles. The highest BCUT2D eigenvalue weighted by atomic mass is 31.1. The van der Waals surface area contributed by atoms with Crippen molar-refractivity contribution in [2.24, 2.45) is 0 Å². The number of benzene rings is 1. The highest BCUT2D eigenvalue weighted by Crippen LogP contribution is 2.22. The highest BCUT2D eigenvalue weighted by molar-refractivity contribution is 7.20. The third-order valence-corrected chi connectivity index (χ3v) is 2.36. The second-order valence-electron chi connectivity index (χ2n) is 4.42. The Kier molecular flexibility index (Phi) is 4.40. The van der Waals surface area contributed by atoms with Gasteiger partial charge in [0.25, 0.3) is 8.61 Å². The van der Waals surface area contributed by atoms with Gasteiger partial charge in [-0.2, -0.15) is 0 Å². The average molecular weight is 225 g/mol. The van der Waals surface area contributed by atoms with Gasteiger partial charge < -0.3 is 0 Å². The zero-order valence-electron chi connectivity index (χ0n) is 9.28. The van der Waals surface area contributed by atoms with Gasteiger partial charge >= 0.3 is 0 Å². The molecule has 1 N–H and O–H groups in total. The molecule has 82 valence electrons. The molecule has 1 aromatic carbocycles. The summed E-state index contributed by atoms with van der Waals surface area (Å²) >= 11 is 0. The average Bonchev–Trinajstić information content (AvgIpc) is 2.18. The Bertz CT molecular complexity index is 316. The van der Waals surface area contributed by atoms with E-state index in [1.165, 1.54) is 5.56 Å². The fourth-order valence-corrected chi connectivity index (χ4v) is 1.36. The lowest BCUT2D eigenvalue weighted by atomic mass is 9.87. The van der Waals surface area contributed by atoms with Crippen molar-refractivity contribution in [1.29, 1.82) is 0 Å². The van der Waals surface area contributed by atoms with Crippen molar-refractivity contribution in [2.45, 2.75) is 32.8 Å². The third kappa shape index (κ3) is 4.08. The van der Waals surface area contributed by atoms with Crippen LogP contribution in [0.3, 0.4) is 0 Å². The van der Waals surface area contributed by atoms with E-state index < -0.39 is 0 Å². The lowest BCUT2D eigenvalue weighted by Gasteiger charge is -2.19. The molecule has 0 unspecified atom stereocenters. The van der Waals surface area contributed by atoms with E-state index >= 15 is 0 Å². The van der Waals surface area contributed by atoms with Crippen LogP contribution in [-0.4, -0.2) is 0 Å². The molecule has 15 heavy (non-hydrogen) atoms. The Morgan fingerprint density at radius 1 is 1.27 bits per heavy atom. The van der Waals surface area contributed by atoms with Crippen LogP contribution in [-0.2, 0) is 21.4 Å². The number of hydrogen-bond donors (Lipinski definition) is 1. The molecule has 3 nitrogen and oxygen atoms in total. The lowest BCUT2D eigenvalue weighted by Crippen LogP contribution is -2.11. The SMILES string of the molecule is CC(C)(C)c1ccc(CONP=O)cc1. The summed E-state index contributed by atoms with van der Waals surface area (Å²) < 4.78 is 10.0. The Labute approximate surface area is 92.0 Å². The van der Waals surface area contributed by atoms with Gasteiger partial charge in [0.2, 0.25) is 0 Å². The molecule has 0 fully saturated rings. The summed E-state index contributed by atoms with van der Waals surface area (Å²) in [5.41, 5.74) is 2.52. The fraction of sp³-hybridized carbons (Fsp3) is 0.455. The van der Waals surface area contributed by atoms with Crippen LogP contribution >= 0.6 is 8.61 Å². The third-order valence-electron chi connectivity index (χ3n) is 2.16. The zero-order valence-corrected chi connectivity index (χ0v) is 10.2. The molecular formula is C11H16NO2P. The minimum atomic E-state index is -0.209. The predicted octanol–water partition coefficient (Wildman–Crippen LogP) is 3.21. The van der Waals surface area contributed by atoms with Crippen LogP contribution in [0, 0.1) is 0 Å². The highest BCUT2D eigenvalue weighted by Gasteiger charge is 2.12. The molecule has 0 amide bonds. The standard InChI is InChI=1S/C11H16NO2P/c1-11(2,3)10-6-4-9(5-7-10)8-14-12-15-13/h4-7H,8H2,1-3H3,(H,12,13). The Morgan fingerprint density at radius 2 is 1.87 bits per heavy atom. The van der Waals surface area contributed by atoms with Crippen molar-refractivity contribution in [3.63, 3.8) is 0 Å². The van der Waals surface area contributed by atoms with Gasteiger partial charge in [0, 0.05) is 0 Å². The van der Waals surface area contributed by atoms with Crippen molar-refractivity contribution in [3.05, 3.63) is 35.4 Å². The second-order valence-corrected chi connectivity index (χ2v) is 4.78. The van der Waals surface area contributed by atoms with Crippen molar-refractivity contribution in [2.75, 3.05) is 0 Å². The van der Waals surface area contributed by atoms with Crippen LogP contribution < -0.4 is 5.25 Å². The summed E-state index contributed by atoms with van der Waals surface area (Å²) in [7, 11) is -0.209. The first-order chi connectivity index (χ1) is 7.04. The quantitative estimate of drug-likeness (QED) is 0.485. The summed E-state index contributed by atoms with van der Waals surface area (Å²) in [6, 6.07) is 8.22. The summed E-state index contributed by atoms with van der Waals surface area (Å²) in [5, 5.41) is 2.26. The minimum absolute atomic E-state index is 0.172. The van der Waals surface area contributed by atoms with E-state index in [1.807, 2.05) is 12.1 Å². The molecule has 1 aromatic rings. The van der Waals surface area contributed by atoms with E-state index in [4.69, 9.17) is 4.84 Å². The van der Waals surface area contributed by atoms with E-state index in [0.29, 0.717) is 6.61 Å². The van der Waals surface area contributed by atoms with Crippen LogP contribution in [0.5, 0.6) is 0 Å². The van der Waals surface area contributed by atoms with Crippen molar-refractivity contribution in [1.82, 2.24) is 5.25 Å². The Morgan fingerprint density at radius 3 is 2.33 bits per heavy atom. The zero-order chi connectivity index (χ0) is 11.3. The summed E-state index contributed by atoms with van der Waals surface area (Å²) in [4.78, 5) is 4.92. The first-order valence-corrected chi connectivity index (χ1v) is 5.64. The van der Waals surface area contributed by atoms with Gasteiger partial charge in [-0.3, -0.25) is 9.40 Å². The van der Waals surface area contributed by atoms with Crippen LogP contribution in [0.2, 0.25) is 0 Å². The molecule has 4 heteroatoms. The second kappa shape index (κ2) is 5.36. The van der Waals surface area contributed by atoms with E-state index in [9.17, 15) is 4.57 Å².